The van der Waals surface area contributed by atoms with Crippen LogP contribution in [0, 0.1) is 17.7 Å². The molecule has 0 radical (unpaired) electrons. The van der Waals surface area contributed by atoms with Gasteiger partial charge in [-0.2, -0.15) is 0 Å². The lowest BCUT2D eigenvalue weighted by atomic mass is 9.87. The molecule has 2 aromatic rings. The number of hydrogen-bond acceptors (Lipinski definition) is 5. The number of hydrogen-bond donors (Lipinski definition) is 1. The van der Waals surface area contributed by atoms with Crippen molar-refractivity contribution in [2.24, 2.45) is 11.8 Å². The summed E-state index contributed by atoms with van der Waals surface area (Å²) >= 11 is 0. The van der Waals surface area contributed by atoms with E-state index in [2.05, 4.69) is 0 Å². The van der Waals surface area contributed by atoms with Crippen molar-refractivity contribution in [1.29, 1.82) is 0 Å². The quantitative estimate of drug-likeness (QED) is 0.692. The van der Waals surface area contributed by atoms with Crippen molar-refractivity contribution in [3.63, 3.8) is 0 Å². The van der Waals surface area contributed by atoms with Gasteiger partial charge in [0.05, 0.1) is 16.7 Å². The maximum absolute atomic E-state index is 13.6. The zero-order chi connectivity index (χ0) is 22.9. The van der Waals surface area contributed by atoms with Crippen LogP contribution in [0.15, 0.2) is 47.4 Å². The van der Waals surface area contributed by atoms with Crippen molar-refractivity contribution in [2.75, 3.05) is 24.1 Å². The summed E-state index contributed by atoms with van der Waals surface area (Å²) in [6.07, 6.45) is 1.29. The van der Waals surface area contributed by atoms with Crippen LogP contribution in [0.3, 0.4) is 0 Å². The Hall–Kier alpha value is -2.16. The van der Waals surface area contributed by atoms with E-state index in [0.717, 1.165) is 12.8 Å². The lowest BCUT2D eigenvalue weighted by Gasteiger charge is -2.36. The summed E-state index contributed by atoms with van der Waals surface area (Å²) in [6.45, 7) is 5.48. The molecule has 0 amide bonds. The second-order valence-corrected chi connectivity index (χ2v) is 10.8. The van der Waals surface area contributed by atoms with Crippen LogP contribution >= 0.6 is 0 Å². The highest BCUT2D eigenvalue weighted by atomic mass is 32.2. The minimum Gasteiger partial charge on any atom is -0.490 e. The van der Waals surface area contributed by atoms with Crippen LogP contribution in [-0.4, -0.2) is 39.4 Å². The molecule has 0 aromatic heterocycles. The van der Waals surface area contributed by atoms with E-state index in [1.807, 2.05) is 13.8 Å². The molecule has 0 saturated carbocycles. The minimum atomic E-state index is -3.93. The molecule has 0 bridgehead atoms. The van der Waals surface area contributed by atoms with Gasteiger partial charge in [-0.3, -0.25) is 4.31 Å². The van der Waals surface area contributed by atoms with Gasteiger partial charge < -0.3 is 14.6 Å². The van der Waals surface area contributed by atoms with Crippen molar-refractivity contribution in [3.05, 3.63) is 53.8 Å². The Morgan fingerprint density at radius 1 is 1.12 bits per heavy atom. The topological polar surface area (TPSA) is 76.1 Å². The summed E-state index contributed by atoms with van der Waals surface area (Å²) in [6, 6.07) is 10.1. The molecule has 2 aliphatic heterocycles. The number of benzene rings is 2. The number of rotatable bonds is 6. The predicted molar refractivity (Wildman–Crippen MR) is 120 cm³/mol. The van der Waals surface area contributed by atoms with Gasteiger partial charge in [0.1, 0.15) is 17.7 Å². The minimum absolute atomic E-state index is 0.0570. The lowest BCUT2D eigenvalue weighted by molar-refractivity contribution is -0.0151. The Balaban J connectivity index is 1.64. The summed E-state index contributed by atoms with van der Waals surface area (Å²) in [7, 11) is -3.93. The fraction of sp³-hybridized carbons (Fsp3) is 0.500. The molecule has 1 N–H and O–H groups in total. The van der Waals surface area contributed by atoms with E-state index in [4.69, 9.17) is 9.47 Å². The highest BCUT2D eigenvalue weighted by Gasteiger charge is 2.35. The highest BCUT2D eigenvalue weighted by molar-refractivity contribution is 7.92. The van der Waals surface area contributed by atoms with Gasteiger partial charge in [-0.25, -0.2) is 12.8 Å². The second kappa shape index (κ2) is 9.37. The number of aliphatic hydroxyl groups excluding tert-OH is 1. The third-order valence-corrected chi connectivity index (χ3v) is 7.89. The van der Waals surface area contributed by atoms with Crippen LogP contribution in [-0.2, 0) is 14.8 Å². The predicted octanol–water partition coefficient (Wildman–Crippen LogP) is 4.29. The van der Waals surface area contributed by atoms with Crippen LogP contribution in [0.5, 0.6) is 5.75 Å². The number of halogens is 1. The number of aliphatic hydroxyl groups is 1. The molecular formula is C24H30FNO5S. The second-order valence-electron chi connectivity index (χ2n) is 8.96. The SMILES string of the molecule is CC(C)CN(c1ccc(F)cc1)S(=O)(=O)c1ccc2c(c1)C(O)CC(C1CCOCC1)O2. The van der Waals surface area contributed by atoms with E-state index >= 15 is 0 Å². The van der Waals surface area contributed by atoms with Crippen molar-refractivity contribution in [1.82, 2.24) is 0 Å². The van der Waals surface area contributed by atoms with Crippen molar-refractivity contribution < 1.29 is 27.4 Å². The summed E-state index contributed by atoms with van der Waals surface area (Å²) in [5.74, 6) is 0.469. The molecule has 1 fully saturated rings. The molecule has 2 aliphatic rings. The molecule has 2 heterocycles. The van der Waals surface area contributed by atoms with Gasteiger partial charge in [0.2, 0.25) is 0 Å². The number of nitrogens with zero attached hydrogens (tertiary/aromatic N) is 1. The first-order valence-electron chi connectivity index (χ1n) is 11.1. The molecule has 2 unspecified atom stereocenters. The van der Waals surface area contributed by atoms with Crippen molar-refractivity contribution in [3.8, 4) is 5.75 Å². The molecule has 0 spiro atoms. The highest BCUT2D eigenvalue weighted by Crippen LogP contribution is 2.40. The lowest BCUT2D eigenvalue weighted by Crippen LogP contribution is -2.36. The smallest absolute Gasteiger partial charge is 0.264 e. The van der Waals surface area contributed by atoms with Gasteiger partial charge in [0, 0.05) is 37.7 Å². The Morgan fingerprint density at radius 2 is 1.81 bits per heavy atom. The molecule has 32 heavy (non-hydrogen) atoms. The molecule has 1 saturated heterocycles. The zero-order valence-electron chi connectivity index (χ0n) is 18.4. The Bertz CT molecular complexity index is 1030. The first-order valence-corrected chi connectivity index (χ1v) is 12.5. The van der Waals surface area contributed by atoms with Crippen molar-refractivity contribution >= 4 is 15.7 Å². The van der Waals surface area contributed by atoms with Gasteiger partial charge in [-0.15, -0.1) is 0 Å². The Kier molecular flexibility index (Phi) is 6.74. The first-order chi connectivity index (χ1) is 15.3. The van der Waals surface area contributed by atoms with Crippen LogP contribution in [0.25, 0.3) is 0 Å². The van der Waals surface area contributed by atoms with E-state index in [-0.39, 0.29) is 23.5 Å². The zero-order valence-corrected chi connectivity index (χ0v) is 19.2. The molecule has 8 heteroatoms. The van der Waals surface area contributed by atoms with Gasteiger partial charge >= 0.3 is 0 Å². The summed E-state index contributed by atoms with van der Waals surface area (Å²) in [5.41, 5.74) is 0.882. The summed E-state index contributed by atoms with van der Waals surface area (Å²) < 4.78 is 53.4. The van der Waals surface area contributed by atoms with Crippen LogP contribution in [0.2, 0.25) is 0 Å². The maximum Gasteiger partial charge on any atom is 0.264 e. The van der Waals surface area contributed by atoms with Crippen LogP contribution < -0.4 is 9.04 Å². The fourth-order valence-corrected chi connectivity index (χ4v) is 6.06. The number of fused-ring (bicyclic) bond motifs is 1. The third kappa shape index (κ3) is 4.77. The van der Waals surface area contributed by atoms with Gasteiger partial charge in [0.15, 0.2) is 0 Å². The normalized spacial score (nSPS) is 21.8. The summed E-state index contributed by atoms with van der Waals surface area (Å²) in [5, 5.41) is 10.8. The largest absolute Gasteiger partial charge is 0.490 e. The average molecular weight is 464 g/mol. The fourth-order valence-electron chi connectivity index (χ4n) is 4.40. The number of anilines is 1. The molecular weight excluding hydrogens is 433 g/mol. The monoisotopic (exact) mass is 463 g/mol. The first kappa shape index (κ1) is 23.0. The standard InChI is InChI=1S/C24H30FNO5S/c1-16(2)15-26(19-5-3-18(25)4-6-19)32(28,29)20-7-8-23-21(13-20)22(27)14-24(31-23)17-9-11-30-12-10-17/h3-8,13,16-17,22,24,27H,9-12,14-15H2,1-2H3. The summed E-state index contributed by atoms with van der Waals surface area (Å²) in [4.78, 5) is 0.0772. The van der Waals surface area contributed by atoms with E-state index in [0.29, 0.717) is 42.6 Å². The van der Waals surface area contributed by atoms with E-state index in [9.17, 15) is 17.9 Å². The molecule has 4 rings (SSSR count). The number of sulfonamides is 1. The van der Waals surface area contributed by atoms with Gasteiger partial charge in [-0.1, -0.05) is 13.8 Å². The van der Waals surface area contributed by atoms with Crippen LogP contribution in [0.4, 0.5) is 10.1 Å². The molecule has 0 aliphatic carbocycles. The van der Waals surface area contributed by atoms with E-state index in [1.165, 1.54) is 40.7 Å². The average Bonchev–Trinajstić information content (AvgIpc) is 2.78. The third-order valence-electron chi connectivity index (χ3n) is 6.10. The Labute approximate surface area is 189 Å². The van der Waals surface area contributed by atoms with Crippen LogP contribution in [0.1, 0.15) is 44.8 Å². The maximum atomic E-state index is 13.6. The van der Waals surface area contributed by atoms with Gasteiger partial charge in [0.25, 0.3) is 10.0 Å². The van der Waals surface area contributed by atoms with E-state index in [1.54, 1.807) is 6.07 Å². The molecule has 2 atom stereocenters. The molecule has 6 nitrogen and oxygen atoms in total. The van der Waals surface area contributed by atoms with Crippen molar-refractivity contribution in [2.45, 2.75) is 50.2 Å². The Morgan fingerprint density at radius 3 is 2.47 bits per heavy atom. The number of ether oxygens (including phenoxy) is 2. The van der Waals surface area contributed by atoms with Gasteiger partial charge in [-0.05, 0) is 61.2 Å². The van der Waals surface area contributed by atoms with E-state index < -0.39 is 21.9 Å². The molecule has 2 aromatic carbocycles. The molecule has 174 valence electrons.